The summed E-state index contributed by atoms with van der Waals surface area (Å²) in [5.74, 6) is 2.14. The molecule has 2 aromatic carbocycles. The van der Waals surface area contributed by atoms with E-state index in [4.69, 9.17) is 13.9 Å². The van der Waals surface area contributed by atoms with E-state index in [1.807, 2.05) is 31.2 Å². The van der Waals surface area contributed by atoms with Crippen molar-refractivity contribution in [2.24, 2.45) is 0 Å². The van der Waals surface area contributed by atoms with Crippen LogP contribution in [-0.2, 0) is 6.61 Å². The lowest BCUT2D eigenvalue weighted by atomic mass is 10.3. The van der Waals surface area contributed by atoms with Crippen LogP contribution in [0.3, 0.4) is 0 Å². The topological polar surface area (TPSA) is 64.7 Å². The minimum Gasteiger partial charge on any atom is -0.508 e. The number of phenolic OH excluding ortho intramolecular Hbond substituents is 1. The van der Waals surface area contributed by atoms with Crippen LogP contribution in [0, 0.1) is 0 Å². The summed E-state index contributed by atoms with van der Waals surface area (Å²) in [6, 6.07) is 12.2. The summed E-state index contributed by atoms with van der Waals surface area (Å²) in [7, 11) is 0. The lowest BCUT2D eigenvalue weighted by molar-refractivity contribution is 0.266. The number of rotatable bonds is 5. The number of nitrogens with zero attached hydrogens (tertiary/aromatic N) is 1. The van der Waals surface area contributed by atoms with Crippen LogP contribution in [0.5, 0.6) is 17.2 Å². The number of hydrogen-bond donors (Lipinski definition) is 1. The number of ether oxygens (including phenoxy) is 2. The fourth-order valence-electron chi connectivity index (χ4n) is 1.97. The summed E-state index contributed by atoms with van der Waals surface area (Å²) >= 11 is 0. The van der Waals surface area contributed by atoms with Crippen LogP contribution in [0.1, 0.15) is 12.8 Å². The van der Waals surface area contributed by atoms with Gasteiger partial charge in [-0.25, -0.2) is 4.98 Å². The molecule has 1 aromatic heterocycles. The molecule has 1 N–H and O–H groups in total. The van der Waals surface area contributed by atoms with E-state index in [0.717, 1.165) is 5.75 Å². The smallest absolute Gasteiger partial charge is 0.233 e. The molecule has 108 valence electrons. The van der Waals surface area contributed by atoms with Gasteiger partial charge in [0.05, 0.1) is 6.61 Å². The number of phenols is 1. The maximum atomic E-state index is 9.39. The largest absolute Gasteiger partial charge is 0.508 e. The van der Waals surface area contributed by atoms with Gasteiger partial charge >= 0.3 is 0 Å². The lowest BCUT2D eigenvalue weighted by Crippen LogP contribution is -1.96. The van der Waals surface area contributed by atoms with E-state index in [9.17, 15) is 5.11 Å². The molecular weight excluding hydrogens is 270 g/mol. The average molecular weight is 285 g/mol. The molecule has 0 spiro atoms. The van der Waals surface area contributed by atoms with Crippen molar-refractivity contribution in [3.05, 3.63) is 48.4 Å². The average Bonchev–Trinajstić information content (AvgIpc) is 2.89. The molecule has 1 heterocycles. The van der Waals surface area contributed by atoms with E-state index in [0.29, 0.717) is 29.3 Å². The first kappa shape index (κ1) is 13.3. The molecule has 0 aliphatic carbocycles. The van der Waals surface area contributed by atoms with E-state index < -0.39 is 0 Å². The van der Waals surface area contributed by atoms with Gasteiger partial charge in [0, 0.05) is 6.07 Å². The maximum Gasteiger partial charge on any atom is 0.233 e. The Kier molecular flexibility index (Phi) is 3.64. The van der Waals surface area contributed by atoms with Crippen LogP contribution < -0.4 is 9.47 Å². The summed E-state index contributed by atoms with van der Waals surface area (Å²) in [6.45, 7) is 2.80. The molecule has 0 fully saturated rings. The first-order chi connectivity index (χ1) is 10.2. The number of fused-ring (bicyclic) bond motifs is 1. The molecule has 3 aromatic rings. The number of hydrogen-bond acceptors (Lipinski definition) is 5. The Morgan fingerprint density at radius 2 is 1.76 bits per heavy atom. The molecule has 5 nitrogen and oxygen atoms in total. The van der Waals surface area contributed by atoms with Crippen molar-refractivity contribution in [3.63, 3.8) is 0 Å². The minimum absolute atomic E-state index is 0.162. The van der Waals surface area contributed by atoms with Crippen molar-refractivity contribution in [2.75, 3.05) is 6.61 Å². The van der Waals surface area contributed by atoms with Gasteiger partial charge in [-0.05, 0) is 43.3 Å². The highest BCUT2D eigenvalue weighted by molar-refractivity contribution is 5.74. The Morgan fingerprint density at radius 1 is 1.05 bits per heavy atom. The lowest BCUT2D eigenvalue weighted by Gasteiger charge is -2.05. The van der Waals surface area contributed by atoms with Gasteiger partial charge in [0.2, 0.25) is 5.89 Å². The monoisotopic (exact) mass is 285 g/mol. The van der Waals surface area contributed by atoms with Crippen molar-refractivity contribution < 1.29 is 19.0 Å². The van der Waals surface area contributed by atoms with Crippen LogP contribution in [0.25, 0.3) is 11.1 Å². The summed E-state index contributed by atoms with van der Waals surface area (Å²) < 4.78 is 16.5. The van der Waals surface area contributed by atoms with Gasteiger partial charge in [0.15, 0.2) is 12.2 Å². The standard InChI is InChI=1S/C16H15NO4/c1-2-19-12-4-6-13(7-5-12)20-10-16-17-14-9-11(18)3-8-15(14)21-16/h3-9,18H,2,10H2,1H3. The van der Waals surface area contributed by atoms with Crippen LogP contribution >= 0.6 is 0 Å². The van der Waals surface area contributed by atoms with Crippen LogP contribution in [0.15, 0.2) is 46.9 Å². The third-order valence-corrected chi connectivity index (χ3v) is 2.91. The van der Waals surface area contributed by atoms with E-state index in [1.165, 1.54) is 0 Å². The number of aromatic hydroxyl groups is 1. The van der Waals surface area contributed by atoms with Gasteiger partial charge in [0.25, 0.3) is 0 Å². The Hall–Kier alpha value is -2.69. The maximum absolute atomic E-state index is 9.39. The second-order valence-corrected chi connectivity index (χ2v) is 4.45. The highest BCUT2D eigenvalue weighted by atomic mass is 16.5. The Bertz CT molecular complexity index is 734. The van der Waals surface area contributed by atoms with E-state index in [2.05, 4.69) is 4.98 Å². The van der Waals surface area contributed by atoms with Crippen molar-refractivity contribution in [1.29, 1.82) is 0 Å². The Morgan fingerprint density at radius 3 is 2.48 bits per heavy atom. The van der Waals surface area contributed by atoms with E-state index in [-0.39, 0.29) is 12.4 Å². The van der Waals surface area contributed by atoms with Crippen molar-refractivity contribution >= 4 is 11.1 Å². The molecule has 0 amide bonds. The van der Waals surface area contributed by atoms with Gasteiger partial charge in [-0.2, -0.15) is 0 Å². The predicted octanol–water partition coefficient (Wildman–Crippen LogP) is 3.51. The van der Waals surface area contributed by atoms with Gasteiger partial charge in [-0.15, -0.1) is 0 Å². The van der Waals surface area contributed by atoms with E-state index >= 15 is 0 Å². The summed E-state index contributed by atoms with van der Waals surface area (Å²) in [4.78, 5) is 4.26. The van der Waals surface area contributed by atoms with Crippen molar-refractivity contribution in [3.8, 4) is 17.2 Å². The quantitative estimate of drug-likeness (QED) is 0.777. The van der Waals surface area contributed by atoms with E-state index in [1.54, 1.807) is 18.2 Å². The molecule has 0 saturated carbocycles. The van der Waals surface area contributed by atoms with Gasteiger partial charge in [0.1, 0.15) is 22.8 Å². The molecular formula is C16H15NO4. The summed E-state index contributed by atoms with van der Waals surface area (Å²) in [5, 5.41) is 9.39. The number of aromatic nitrogens is 1. The van der Waals surface area contributed by atoms with Crippen molar-refractivity contribution in [2.45, 2.75) is 13.5 Å². The summed E-state index contributed by atoms with van der Waals surface area (Å²) in [5.41, 5.74) is 1.23. The normalized spacial score (nSPS) is 10.7. The Labute approximate surface area is 121 Å². The highest BCUT2D eigenvalue weighted by Crippen LogP contribution is 2.22. The molecule has 21 heavy (non-hydrogen) atoms. The molecule has 0 unspecified atom stereocenters. The molecule has 0 saturated heterocycles. The summed E-state index contributed by atoms with van der Waals surface area (Å²) in [6.07, 6.45) is 0. The molecule has 0 aliphatic rings. The van der Waals surface area contributed by atoms with Crippen LogP contribution in [-0.4, -0.2) is 16.7 Å². The molecule has 0 radical (unpaired) electrons. The second kappa shape index (κ2) is 5.75. The third-order valence-electron chi connectivity index (χ3n) is 2.91. The zero-order valence-corrected chi connectivity index (χ0v) is 11.6. The van der Waals surface area contributed by atoms with Crippen LogP contribution in [0.2, 0.25) is 0 Å². The SMILES string of the molecule is CCOc1ccc(OCc2nc3cc(O)ccc3o2)cc1. The Balaban J connectivity index is 1.68. The van der Waals surface area contributed by atoms with Gasteiger partial charge < -0.3 is 19.0 Å². The number of benzene rings is 2. The molecule has 0 bridgehead atoms. The fourth-order valence-corrected chi connectivity index (χ4v) is 1.97. The molecule has 0 aliphatic heterocycles. The first-order valence-electron chi connectivity index (χ1n) is 6.68. The van der Waals surface area contributed by atoms with Gasteiger partial charge in [-0.3, -0.25) is 0 Å². The fraction of sp³-hybridized carbons (Fsp3) is 0.188. The third kappa shape index (κ3) is 3.08. The first-order valence-corrected chi connectivity index (χ1v) is 6.68. The molecule has 5 heteroatoms. The number of oxazole rings is 1. The van der Waals surface area contributed by atoms with Gasteiger partial charge in [-0.1, -0.05) is 0 Å². The van der Waals surface area contributed by atoms with Crippen LogP contribution in [0.4, 0.5) is 0 Å². The van der Waals surface area contributed by atoms with Crippen molar-refractivity contribution in [1.82, 2.24) is 4.98 Å². The zero-order valence-electron chi connectivity index (χ0n) is 11.6. The molecule has 3 rings (SSSR count). The highest BCUT2D eigenvalue weighted by Gasteiger charge is 2.07. The molecule has 0 atom stereocenters. The second-order valence-electron chi connectivity index (χ2n) is 4.45. The predicted molar refractivity (Wildman–Crippen MR) is 77.6 cm³/mol. The zero-order chi connectivity index (χ0) is 14.7. The minimum atomic E-state index is 0.162.